The van der Waals surface area contributed by atoms with Gasteiger partial charge in [-0.3, -0.25) is 0 Å². The number of aromatic nitrogens is 3. The van der Waals surface area contributed by atoms with Crippen molar-refractivity contribution in [3.8, 4) is 11.8 Å². The standard InChI is InChI=1S/C19H16ClN5/c20-16-7-4-8-17(11-16)25-22-18(12-21)19(23-25)24-10-9-15(13-24)14-5-2-1-3-6-14/h1-8,11,15H,9-10,13H2. The molecule has 1 fully saturated rings. The third kappa shape index (κ3) is 3.09. The van der Waals surface area contributed by atoms with Gasteiger partial charge in [0.15, 0.2) is 5.82 Å². The molecule has 0 aliphatic carbocycles. The Morgan fingerprint density at radius 1 is 1.08 bits per heavy atom. The van der Waals surface area contributed by atoms with Gasteiger partial charge in [-0.05, 0) is 30.2 Å². The molecule has 1 saturated heterocycles. The molecule has 5 nitrogen and oxygen atoms in total. The van der Waals surface area contributed by atoms with Crippen LogP contribution in [0.4, 0.5) is 5.82 Å². The van der Waals surface area contributed by atoms with Crippen LogP contribution in [0.5, 0.6) is 0 Å². The minimum Gasteiger partial charge on any atom is -0.352 e. The first kappa shape index (κ1) is 15.7. The van der Waals surface area contributed by atoms with E-state index in [4.69, 9.17) is 11.6 Å². The third-order valence-corrected chi connectivity index (χ3v) is 4.73. The summed E-state index contributed by atoms with van der Waals surface area (Å²) in [5, 5.41) is 18.9. The lowest BCUT2D eigenvalue weighted by Gasteiger charge is -2.15. The Labute approximate surface area is 151 Å². The molecule has 4 rings (SSSR count). The van der Waals surface area contributed by atoms with E-state index in [0.717, 1.165) is 25.2 Å². The first-order valence-corrected chi connectivity index (χ1v) is 8.55. The fourth-order valence-electron chi connectivity index (χ4n) is 3.25. The first-order valence-electron chi connectivity index (χ1n) is 8.18. The van der Waals surface area contributed by atoms with Gasteiger partial charge in [-0.25, -0.2) is 0 Å². The summed E-state index contributed by atoms with van der Waals surface area (Å²) >= 11 is 6.04. The van der Waals surface area contributed by atoms with Crippen LogP contribution in [0.3, 0.4) is 0 Å². The van der Waals surface area contributed by atoms with Gasteiger partial charge >= 0.3 is 0 Å². The largest absolute Gasteiger partial charge is 0.352 e. The molecule has 2 heterocycles. The number of halogens is 1. The minimum absolute atomic E-state index is 0.341. The molecule has 25 heavy (non-hydrogen) atoms. The fraction of sp³-hybridized carbons (Fsp3) is 0.211. The topological polar surface area (TPSA) is 57.7 Å². The quantitative estimate of drug-likeness (QED) is 0.722. The predicted molar refractivity (Wildman–Crippen MR) is 97.1 cm³/mol. The van der Waals surface area contributed by atoms with Crippen LogP contribution in [0.15, 0.2) is 54.6 Å². The highest BCUT2D eigenvalue weighted by atomic mass is 35.5. The van der Waals surface area contributed by atoms with E-state index in [1.807, 2.05) is 18.2 Å². The van der Waals surface area contributed by atoms with E-state index >= 15 is 0 Å². The average Bonchev–Trinajstić information content (AvgIpc) is 3.29. The number of benzene rings is 2. The summed E-state index contributed by atoms with van der Waals surface area (Å²) in [5.74, 6) is 1.09. The van der Waals surface area contributed by atoms with Crippen LogP contribution in [-0.2, 0) is 0 Å². The number of rotatable bonds is 3. The summed E-state index contributed by atoms with van der Waals surface area (Å²) in [7, 11) is 0. The van der Waals surface area contributed by atoms with Crippen molar-refractivity contribution in [3.05, 3.63) is 70.9 Å². The number of hydrogen-bond donors (Lipinski definition) is 0. The molecule has 1 aromatic heterocycles. The smallest absolute Gasteiger partial charge is 0.207 e. The van der Waals surface area contributed by atoms with Gasteiger partial charge in [0.25, 0.3) is 0 Å². The molecule has 3 aromatic rings. The van der Waals surface area contributed by atoms with E-state index in [1.165, 1.54) is 10.4 Å². The number of anilines is 1. The lowest BCUT2D eigenvalue weighted by Crippen LogP contribution is -2.20. The molecule has 1 aliphatic heterocycles. The first-order chi connectivity index (χ1) is 12.2. The SMILES string of the molecule is N#Cc1nn(-c2cccc(Cl)c2)nc1N1CCC(c2ccccc2)C1. The molecular weight excluding hydrogens is 334 g/mol. The van der Waals surface area contributed by atoms with Gasteiger partial charge in [-0.15, -0.1) is 15.0 Å². The van der Waals surface area contributed by atoms with Gasteiger partial charge < -0.3 is 4.90 Å². The molecule has 0 bridgehead atoms. The Hall–Kier alpha value is -2.84. The maximum atomic E-state index is 9.46. The van der Waals surface area contributed by atoms with Gasteiger partial charge in [0.05, 0.1) is 5.69 Å². The van der Waals surface area contributed by atoms with Crippen LogP contribution in [0.2, 0.25) is 5.02 Å². The maximum Gasteiger partial charge on any atom is 0.207 e. The van der Waals surface area contributed by atoms with E-state index in [2.05, 4.69) is 45.4 Å². The van der Waals surface area contributed by atoms with Crippen molar-refractivity contribution in [2.45, 2.75) is 12.3 Å². The van der Waals surface area contributed by atoms with Crippen molar-refractivity contribution in [1.29, 1.82) is 5.26 Å². The molecule has 0 amide bonds. The summed E-state index contributed by atoms with van der Waals surface area (Å²) in [6.45, 7) is 1.70. The van der Waals surface area contributed by atoms with Gasteiger partial charge in [0.2, 0.25) is 5.69 Å². The molecule has 1 aliphatic rings. The number of hydrogen-bond acceptors (Lipinski definition) is 4. The van der Waals surface area contributed by atoms with Crippen LogP contribution >= 0.6 is 11.6 Å². The van der Waals surface area contributed by atoms with Gasteiger partial charge in [-0.2, -0.15) is 5.26 Å². The highest BCUT2D eigenvalue weighted by molar-refractivity contribution is 6.30. The van der Waals surface area contributed by atoms with E-state index in [9.17, 15) is 5.26 Å². The van der Waals surface area contributed by atoms with Crippen molar-refractivity contribution in [2.75, 3.05) is 18.0 Å². The van der Waals surface area contributed by atoms with E-state index in [1.54, 1.807) is 12.1 Å². The van der Waals surface area contributed by atoms with Gasteiger partial charge in [0, 0.05) is 24.0 Å². The molecule has 124 valence electrons. The highest BCUT2D eigenvalue weighted by Crippen LogP contribution is 2.31. The second-order valence-corrected chi connectivity index (χ2v) is 6.53. The Kier molecular flexibility index (Phi) is 4.12. The second-order valence-electron chi connectivity index (χ2n) is 6.10. The second kappa shape index (κ2) is 6.58. The molecule has 1 atom stereocenters. The average molecular weight is 350 g/mol. The Morgan fingerprint density at radius 2 is 1.92 bits per heavy atom. The minimum atomic E-state index is 0.341. The summed E-state index contributed by atoms with van der Waals surface area (Å²) in [4.78, 5) is 3.62. The van der Waals surface area contributed by atoms with Crippen LogP contribution < -0.4 is 4.90 Å². The predicted octanol–water partition coefficient (Wildman–Crippen LogP) is 3.79. The van der Waals surface area contributed by atoms with Crippen molar-refractivity contribution in [1.82, 2.24) is 15.0 Å². The van der Waals surface area contributed by atoms with Crippen molar-refractivity contribution in [2.24, 2.45) is 0 Å². The maximum absolute atomic E-state index is 9.46. The highest BCUT2D eigenvalue weighted by Gasteiger charge is 2.28. The molecule has 0 spiro atoms. The van der Waals surface area contributed by atoms with Crippen LogP contribution in [0.1, 0.15) is 23.6 Å². The Bertz CT molecular complexity index is 928. The summed E-state index contributed by atoms with van der Waals surface area (Å²) in [6, 6.07) is 19.9. The van der Waals surface area contributed by atoms with Gasteiger partial charge in [-0.1, -0.05) is 48.0 Å². The van der Waals surface area contributed by atoms with E-state index in [0.29, 0.717) is 22.5 Å². The summed E-state index contributed by atoms with van der Waals surface area (Å²) in [5.41, 5.74) is 2.41. The lowest BCUT2D eigenvalue weighted by atomic mass is 9.99. The Balaban J connectivity index is 1.62. The summed E-state index contributed by atoms with van der Waals surface area (Å²) < 4.78 is 0. The molecule has 2 aromatic carbocycles. The fourth-order valence-corrected chi connectivity index (χ4v) is 3.43. The molecule has 0 radical (unpaired) electrons. The number of nitriles is 1. The van der Waals surface area contributed by atoms with Crippen LogP contribution in [0, 0.1) is 11.3 Å². The zero-order valence-corrected chi connectivity index (χ0v) is 14.3. The third-order valence-electron chi connectivity index (χ3n) is 4.50. The van der Waals surface area contributed by atoms with Crippen molar-refractivity contribution >= 4 is 17.4 Å². The van der Waals surface area contributed by atoms with Crippen molar-refractivity contribution < 1.29 is 0 Å². The molecule has 0 saturated carbocycles. The molecule has 1 unspecified atom stereocenters. The van der Waals surface area contributed by atoms with Crippen molar-refractivity contribution in [3.63, 3.8) is 0 Å². The molecule has 0 N–H and O–H groups in total. The zero-order valence-electron chi connectivity index (χ0n) is 13.5. The Morgan fingerprint density at radius 3 is 2.68 bits per heavy atom. The molecular formula is C19H16ClN5. The normalized spacial score (nSPS) is 16.8. The van der Waals surface area contributed by atoms with Crippen LogP contribution in [0.25, 0.3) is 5.69 Å². The summed E-state index contributed by atoms with van der Waals surface area (Å²) in [6.07, 6.45) is 1.04. The van der Waals surface area contributed by atoms with Gasteiger partial charge in [0.1, 0.15) is 6.07 Å². The lowest BCUT2D eigenvalue weighted by molar-refractivity contribution is 0.741. The van der Waals surface area contributed by atoms with E-state index in [-0.39, 0.29) is 0 Å². The monoisotopic (exact) mass is 349 g/mol. The van der Waals surface area contributed by atoms with E-state index < -0.39 is 0 Å². The number of nitrogens with zero attached hydrogens (tertiary/aromatic N) is 5. The van der Waals surface area contributed by atoms with Crippen LogP contribution in [-0.4, -0.2) is 28.1 Å². The zero-order chi connectivity index (χ0) is 17.2. The molecule has 6 heteroatoms.